The highest BCUT2D eigenvalue weighted by Crippen LogP contribution is 2.42. The van der Waals surface area contributed by atoms with Crippen LogP contribution in [0.1, 0.15) is 109 Å². The van der Waals surface area contributed by atoms with Crippen LogP contribution in [0.25, 0.3) is 21.7 Å². The van der Waals surface area contributed by atoms with E-state index >= 15 is 0 Å². The number of β-amino-alcohol motifs (C(OH)–C–C–N with tert-alkyl or cyclic N) is 1. The summed E-state index contributed by atoms with van der Waals surface area (Å²) in [4.78, 5) is 52.6. The number of pyridine rings is 1. The Morgan fingerprint density at radius 3 is 2.28 bits per heavy atom. The number of phenols is 1. The standard InChI is InChI=1S/C63H81N13O6S/c1-37(2)59(63(80)75-35-49(77)26-54(75)62(79)67-40(5)44-11-13-45(14-12-44)60-41(6)66-36-83-60)56-28-57(70-82-56)72-21-18-42(19-22-72)32-74-38(3)29-71(30-39(74)4)31-43-23-50(24-43)81-58-25-46(17-20-65-58)76-47-15-16-48(76)34-73(33-47)53-27-52(68-69-61(53)64)51-9-7-8-10-55(51)78/h7-14,17,20,25,27-28,36-40,42-43,47-50,54,59,77-78H,15-16,18-19,21-24,26,29-35H2,1-6H3,(H2,64,69)(H,67,79)/t38?,39?,40-,43?,47?,48?,49+,50?,54-,59+/m0/s1. The maximum absolute atomic E-state index is 14.5. The van der Waals surface area contributed by atoms with E-state index in [1.165, 1.54) is 0 Å². The highest BCUT2D eigenvalue weighted by atomic mass is 32.1. The van der Waals surface area contributed by atoms with Crippen molar-refractivity contribution in [3.8, 4) is 33.3 Å². The first-order valence-corrected chi connectivity index (χ1v) is 31.0. The quantitative estimate of drug-likeness (QED) is 0.0677. The summed E-state index contributed by atoms with van der Waals surface area (Å²) in [6.45, 7) is 20.4. The number of anilines is 4. The number of carbonyl (C=O) groups excluding carboxylic acids is 2. The monoisotopic (exact) mass is 1150 g/mol. The van der Waals surface area contributed by atoms with Gasteiger partial charge in [0.25, 0.3) is 0 Å². The van der Waals surface area contributed by atoms with E-state index in [9.17, 15) is 19.8 Å². The largest absolute Gasteiger partial charge is 0.507 e. The van der Waals surface area contributed by atoms with Crippen LogP contribution < -0.4 is 30.5 Å². The van der Waals surface area contributed by atoms with Gasteiger partial charge in [-0.2, -0.15) is 0 Å². The van der Waals surface area contributed by atoms with Crippen molar-refractivity contribution in [2.75, 3.05) is 79.3 Å². The zero-order chi connectivity index (χ0) is 57.6. The number of nitrogen functional groups attached to an aromatic ring is 1. The van der Waals surface area contributed by atoms with E-state index in [0.29, 0.717) is 64.7 Å². The smallest absolute Gasteiger partial charge is 0.243 e. The number of nitrogens with two attached hydrogens (primary N) is 1. The molecule has 5 saturated heterocycles. The van der Waals surface area contributed by atoms with Crippen molar-refractivity contribution >= 4 is 46.2 Å². The number of fused-ring (bicyclic) bond motifs is 2. The summed E-state index contributed by atoms with van der Waals surface area (Å²) in [5.74, 6) is 2.38. The van der Waals surface area contributed by atoms with E-state index < -0.39 is 18.1 Å². The van der Waals surface area contributed by atoms with Crippen molar-refractivity contribution < 1.29 is 29.1 Å². The molecule has 1 aliphatic carbocycles. The Morgan fingerprint density at radius 2 is 1.58 bits per heavy atom. The first-order valence-electron chi connectivity index (χ1n) is 30.2. The Hall–Kier alpha value is -6.87. The predicted octanol–water partition coefficient (Wildman–Crippen LogP) is 8.15. The molecule has 12 rings (SSSR count). The average molecular weight is 1150 g/mol. The molecule has 2 bridgehead atoms. The molecule has 0 radical (unpaired) electrons. The van der Waals surface area contributed by atoms with Crippen molar-refractivity contribution in [3.05, 3.63) is 102 Å². The fourth-order valence-electron chi connectivity index (χ4n) is 14.4. The molecule has 440 valence electrons. The number of aromatic nitrogens is 5. The van der Waals surface area contributed by atoms with Gasteiger partial charge in [0.2, 0.25) is 17.7 Å². The Labute approximate surface area is 491 Å². The van der Waals surface area contributed by atoms with Crippen LogP contribution in [0.15, 0.2) is 89.0 Å². The van der Waals surface area contributed by atoms with Gasteiger partial charge in [-0.05, 0) is 119 Å². The number of nitrogens with zero attached hydrogens (tertiary/aromatic N) is 11. The summed E-state index contributed by atoms with van der Waals surface area (Å²) in [7, 11) is 0. The van der Waals surface area contributed by atoms with E-state index in [-0.39, 0.29) is 48.6 Å². The molecule has 19 nitrogen and oxygen atoms in total. The number of rotatable bonds is 17. The Kier molecular flexibility index (Phi) is 16.4. The third-order valence-electron chi connectivity index (χ3n) is 18.8. The maximum atomic E-state index is 14.5. The predicted molar refractivity (Wildman–Crippen MR) is 322 cm³/mol. The van der Waals surface area contributed by atoms with Crippen LogP contribution in [0.4, 0.5) is 23.0 Å². The lowest BCUT2D eigenvalue weighted by Crippen LogP contribution is -2.59. The molecule has 20 heteroatoms. The second-order valence-electron chi connectivity index (χ2n) is 25.0. The number of thiazole rings is 1. The topological polar surface area (TPSA) is 219 Å². The van der Waals surface area contributed by atoms with Crippen molar-refractivity contribution in [1.29, 1.82) is 0 Å². The van der Waals surface area contributed by atoms with Gasteiger partial charge in [0, 0.05) is 119 Å². The van der Waals surface area contributed by atoms with Crippen LogP contribution in [-0.4, -0.2) is 163 Å². The van der Waals surface area contributed by atoms with Gasteiger partial charge in [-0.1, -0.05) is 55.4 Å². The summed E-state index contributed by atoms with van der Waals surface area (Å²) in [5.41, 5.74) is 14.5. The van der Waals surface area contributed by atoms with Crippen LogP contribution in [-0.2, 0) is 9.59 Å². The number of likely N-dealkylation sites (tertiary alicyclic amines) is 1. The molecule has 5 N–H and O–H groups in total. The third-order valence-corrected chi connectivity index (χ3v) is 19.8. The Morgan fingerprint density at radius 1 is 0.843 bits per heavy atom. The average Bonchev–Trinajstić information content (AvgIpc) is 4.49. The molecule has 0 spiro atoms. The molecule has 6 fully saturated rings. The van der Waals surface area contributed by atoms with Crippen molar-refractivity contribution in [3.63, 3.8) is 0 Å². The van der Waals surface area contributed by atoms with Gasteiger partial charge in [-0.25, -0.2) is 9.97 Å². The molecular weight excluding hydrogens is 1070 g/mol. The molecule has 8 atom stereocenters. The number of para-hydroxylation sites is 1. The summed E-state index contributed by atoms with van der Waals surface area (Å²) in [6.07, 6.45) is 7.78. The molecule has 1 saturated carbocycles. The van der Waals surface area contributed by atoms with E-state index in [2.05, 4.69) is 81.1 Å². The summed E-state index contributed by atoms with van der Waals surface area (Å²) in [5, 5.41) is 37.6. The number of ether oxygens (including phenoxy) is 1. The fourth-order valence-corrected chi connectivity index (χ4v) is 15.2. The molecule has 2 amide bonds. The number of phenolic OH excluding ortho intramolecular Hbond substituents is 1. The SMILES string of the molecule is Cc1ncsc1-c1ccc([C@H](C)NC(=O)[C@@H]2C[C@@H](O)CN2C(=O)[C@@H](c2cc(N3CCC(CN4C(C)CN(CC5CC(Oc6cc(N7C8CCC7CN(c7cc(-c9ccccc9O)nnc7N)C8)ccn6)C5)CC4C)CC3)no2)C(C)C)cc1. The zero-order valence-electron chi connectivity index (χ0n) is 48.8. The Bertz CT molecular complexity index is 3210. The second-order valence-corrected chi connectivity index (χ2v) is 25.9. The van der Waals surface area contributed by atoms with Gasteiger partial charge in [0.15, 0.2) is 17.4 Å². The molecule has 4 aromatic heterocycles. The fraction of sp³-hybridized carbons (Fsp3) is 0.540. The number of aliphatic hydroxyl groups excluding tert-OH is 1. The molecular formula is C63H81N13O6S. The van der Waals surface area contributed by atoms with E-state index in [4.69, 9.17) is 15.0 Å². The van der Waals surface area contributed by atoms with Crippen molar-refractivity contribution in [2.45, 2.75) is 141 Å². The first-order chi connectivity index (χ1) is 40.1. The van der Waals surface area contributed by atoms with E-state index in [1.54, 1.807) is 28.4 Å². The van der Waals surface area contributed by atoms with Crippen LogP contribution in [0, 0.1) is 24.7 Å². The summed E-state index contributed by atoms with van der Waals surface area (Å²) < 4.78 is 12.6. The zero-order valence-corrected chi connectivity index (χ0v) is 49.6. The number of piperidine rings is 1. The normalized spacial score (nSPS) is 25.9. The first kappa shape index (κ1) is 56.6. The molecule has 5 aliphatic heterocycles. The number of hydrogen-bond acceptors (Lipinski definition) is 18. The van der Waals surface area contributed by atoms with Gasteiger partial charge >= 0.3 is 0 Å². The number of benzene rings is 2. The van der Waals surface area contributed by atoms with Gasteiger partial charge in [0.1, 0.15) is 23.8 Å². The number of hydrogen-bond donors (Lipinski definition) is 4. The van der Waals surface area contributed by atoms with Gasteiger partial charge in [0.05, 0.1) is 39.6 Å². The van der Waals surface area contributed by atoms with Crippen LogP contribution in [0.2, 0.25) is 0 Å². The molecule has 4 unspecified atom stereocenters. The highest BCUT2D eigenvalue weighted by molar-refractivity contribution is 7.13. The highest BCUT2D eigenvalue weighted by Gasteiger charge is 2.45. The van der Waals surface area contributed by atoms with E-state index in [0.717, 1.165) is 130 Å². The minimum Gasteiger partial charge on any atom is -0.507 e. The van der Waals surface area contributed by atoms with Crippen LogP contribution >= 0.6 is 11.3 Å². The summed E-state index contributed by atoms with van der Waals surface area (Å²) in [6, 6.07) is 23.9. The lowest BCUT2D eigenvalue weighted by Gasteiger charge is -2.48. The second kappa shape index (κ2) is 24.0. The van der Waals surface area contributed by atoms with Crippen molar-refractivity contribution in [2.24, 2.45) is 17.8 Å². The molecule has 83 heavy (non-hydrogen) atoms. The third kappa shape index (κ3) is 12.0. The van der Waals surface area contributed by atoms with Gasteiger partial charge in [-0.15, -0.1) is 21.5 Å². The summed E-state index contributed by atoms with van der Waals surface area (Å²) >= 11 is 1.60. The number of amides is 2. The Balaban J connectivity index is 0.581. The van der Waals surface area contributed by atoms with Gasteiger partial charge < -0.3 is 50.1 Å². The minimum absolute atomic E-state index is 0.0860. The lowest BCUT2D eigenvalue weighted by atomic mass is 9.81. The number of piperazine rings is 2. The molecule has 9 heterocycles. The molecule has 2 aromatic carbocycles. The number of aliphatic hydroxyl groups is 1. The number of aryl methyl sites for hydroxylation is 1. The molecule has 6 aliphatic rings. The number of carbonyl (C=O) groups is 2. The minimum atomic E-state index is -0.803. The van der Waals surface area contributed by atoms with E-state index in [1.807, 2.05) is 87.9 Å². The molecule has 6 aromatic rings. The maximum Gasteiger partial charge on any atom is 0.243 e. The van der Waals surface area contributed by atoms with Crippen LogP contribution in [0.5, 0.6) is 11.6 Å². The number of nitrogens with one attached hydrogen (secondary N) is 1. The van der Waals surface area contributed by atoms with Gasteiger partial charge in [-0.3, -0.25) is 19.4 Å². The number of aromatic hydroxyl groups is 1. The lowest BCUT2D eigenvalue weighted by molar-refractivity contribution is -0.141. The van der Waals surface area contributed by atoms with Crippen LogP contribution in [0.3, 0.4) is 0 Å². The van der Waals surface area contributed by atoms with Crippen molar-refractivity contribution in [1.82, 2.24) is 45.3 Å².